The molecule has 1 N–H and O–H groups in total. The summed E-state index contributed by atoms with van der Waals surface area (Å²) in [6.07, 6.45) is 1.04. The number of benzene rings is 2. The zero-order valence-electron chi connectivity index (χ0n) is 18.0. The molecule has 1 aliphatic heterocycles. The molecule has 0 aromatic heterocycles. The largest absolute Gasteiger partial charge is 0.350 e. The van der Waals surface area contributed by atoms with Crippen molar-refractivity contribution in [3.63, 3.8) is 0 Å². The number of aryl methyl sites for hydroxylation is 2. The maximum atomic E-state index is 13.4. The lowest BCUT2D eigenvalue weighted by Gasteiger charge is -2.47. The van der Waals surface area contributed by atoms with Crippen molar-refractivity contribution in [2.75, 3.05) is 24.2 Å². The second kappa shape index (κ2) is 8.61. The Kier molecular flexibility index (Phi) is 6.45. The van der Waals surface area contributed by atoms with Crippen LogP contribution in [0, 0.1) is 13.8 Å². The fourth-order valence-electron chi connectivity index (χ4n) is 3.72. The third kappa shape index (κ3) is 4.92. The number of rotatable bonds is 5. The summed E-state index contributed by atoms with van der Waals surface area (Å²) in [5.74, 6) is -0.917. The lowest BCUT2D eigenvalue weighted by molar-refractivity contribution is -0.133. The summed E-state index contributed by atoms with van der Waals surface area (Å²) in [6, 6.07) is 12.7. The van der Waals surface area contributed by atoms with Gasteiger partial charge in [-0.15, -0.1) is 0 Å². The highest BCUT2D eigenvalue weighted by atomic mass is 35.5. The van der Waals surface area contributed by atoms with Crippen LogP contribution < -0.4 is 10.2 Å². The monoisotopic (exact) mass is 463 g/mol. The van der Waals surface area contributed by atoms with E-state index in [1.54, 1.807) is 32.0 Å². The lowest BCUT2D eigenvalue weighted by atomic mass is 9.93. The molecule has 0 radical (unpaired) electrons. The molecule has 0 saturated carbocycles. The predicted octanol–water partition coefficient (Wildman–Crippen LogP) is 2.64. The lowest BCUT2D eigenvalue weighted by Crippen LogP contribution is -2.70. The van der Waals surface area contributed by atoms with Crippen LogP contribution in [0.1, 0.15) is 23.6 Å². The minimum Gasteiger partial charge on any atom is -0.350 e. The average Bonchev–Trinajstić information content (AvgIpc) is 2.67. The Hall–Kier alpha value is -2.42. The van der Waals surface area contributed by atoms with Crippen LogP contribution in [0.2, 0.25) is 5.02 Å². The van der Waals surface area contributed by atoms with Gasteiger partial charge in [0.25, 0.3) is 0 Å². The molecule has 2 aromatic rings. The van der Waals surface area contributed by atoms with Gasteiger partial charge in [-0.3, -0.25) is 14.5 Å². The molecule has 0 aliphatic carbocycles. The van der Waals surface area contributed by atoms with E-state index in [1.807, 2.05) is 31.2 Å². The smallest absolute Gasteiger partial charge is 0.247 e. The molecule has 31 heavy (non-hydrogen) atoms. The molecule has 3 rings (SSSR count). The van der Waals surface area contributed by atoms with Crippen LogP contribution in [0.15, 0.2) is 42.5 Å². The third-order valence-corrected chi connectivity index (χ3v) is 6.90. The normalized spacial score (nSPS) is 20.0. The summed E-state index contributed by atoms with van der Waals surface area (Å²) in [5, 5.41) is 3.38. The Morgan fingerprint density at radius 2 is 1.81 bits per heavy atom. The van der Waals surface area contributed by atoms with Crippen LogP contribution >= 0.6 is 11.6 Å². The van der Waals surface area contributed by atoms with E-state index in [0.717, 1.165) is 21.7 Å². The number of anilines is 1. The summed E-state index contributed by atoms with van der Waals surface area (Å²) >= 11 is 6.07. The Morgan fingerprint density at radius 3 is 2.39 bits per heavy atom. The second-order valence-corrected chi connectivity index (χ2v) is 10.6. The fourth-order valence-corrected chi connectivity index (χ4v) is 4.78. The fraction of sp³-hybridized carbons (Fsp3) is 0.364. The van der Waals surface area contributed by atoms with E-state index < -0.39 is 27.4 Å². The van der Waals surface area contributed by atoms with Gasteiger partial charge in [-0.25, -0.2) is 8.42 Å². The summed E-state index contributed by atoms with van der Waals surface area (Å²) in [4.78, 5) is 27.9. The van der Waals surface area contributed by atoms with E-state index in [4.69, 9.17) is 11.6 Å². The van der Waals surface area contributed by atoms with Gasteiger partial charge in [0.2, 0.25) is 21.8 Å². The number of halogens is 1. The first-order chi connectivity index (χ1) is 14.4. The van der Waals surface area contributed by atoms with Crippen LogP contribution in [0.4, 0.5) is 5.69 Å². The van der Waals surface area contributed by atoms with Crippen LogP contribution in [0.5, 0.6) is 0 Å². The highest BCUT2D eigenvalue weighted by Crippen LogP contribution is 2.34. The second-order valence-electron chi connectivity index (χ2n) is 8.13. The summed E-state index contributed by atoms with van der Waals surface area (Å²) in [6.45, 7) is 5.13. The van der Waals surface area contributed by atoms with Gasteiger partial charge in [0.15, 0.2) is 0 Å². The number of hydrogen-bond acceptors (Lipinski definition) is 4. The predicted molar refractivity (Wildman–Crippen MR) is 122 cm³/mol. The quantitative estimate of drug-likeness (QED) is 0.738. The van der Waals surface area contributed by atoms with Crippen molar-refractivity contribution in [2.45, 2.75) is 32.9 Å². The van der Waals surface area contributed by atoms with E-state index in [9.17, 15) is 18.0 Å². The first-order valence-corrected chi connectivity index (χ1v) is 12.0. The number of sulfonamides is 1. The molecular weight excluding hydrogens is 438 g/mol. The zero-order chi connectivity index (χ0) is 23.0. The van der Waals surface area contributed by atoms with Gasteiger partial charge in [-0.2, -0.15) is 4.31 Å². The van der Waals surface area contributed by atoms with E-state index in [0.29, 0.717) is 16.3 Å². The topological polar surface area (TPSA) is 86.8 Å². The third-order valence-electron chi connectivity index (χ3n) is 5.47. The van der Waals surface area contributed by atoms with Gasteiger partial charge in [0.1, 0.15) is 5.54 Å². The van der Waals surface area contributed by atoms with E-state index >= 15 is 0 Å². The standard InChI is InChI=1S/C22H26ClN3O4S/c1-15-5-7-17(8-6-15)12-24-21(28)22(3)14-25(31(4,29)30)13-20(27)26(22)19-10-9-18(23)11-16(19)2/h5-11H,12-14H2,1-4H3,(H,24,28). The number of carbonyl (C=O) groups is 2. The molecule has 9 heteroatoms. The maximum Gasteiger partial charge on any atom is 0.247 e. The molecule has 0 spiro atoms. The SMILES string of the molecule is Cc1ccc(CNC(=O)C2(C)CN(S(C)(=O)=O)CC(=O)N2c2ccc(Cl)cc2C)cc1. The highest BCUT2D eigenvalue weighted by molar-refractivity contribution is 7.88. The summed E-state index contributed by atoms with van der Waals surface area (Å²) in [5.41, 5.74) is 1.80. The van der Waals surface area contributed by atoms with Crippen LogP contribution in [-0.2, 0) is 26.2 Å². The van der Waals surface area contributed by atoms with Crippen molar-refractivity contribution in [1.29, 1.82) is 0 Å². The molecule has 1 fully saturated rings. The zero-order valence-corrected chi connectivity index (χ0v) is 19.5. The minimum atomic E-state index is -3.67. The van der Waals surface area contributed by atoms with E-state index in [-0.39, 0.29) is 19.6 Å². The molecular formula is C22H26ClN3O4S. The van der Waals surface area contributed by atoms with Crippen molar-refractivity contribution in [2.24, 2.45) is 0 Å². The highest BCUT2D eigenvalue weighted by Gasteiger charge is 2.50. The first-order valence-electron chi connectivity index (χ1n) is 9.80. The van der Waals surface area contributed by atoms with Crippen molar-refractivity contribution in [1.82, 2.24) is 9.62 Å². The number of hydrogen-bond donors (Lipinski definition) is 1. The molecule has 2 aromatic carbocycles. The Bertz CT molecular complexity index is 1120. The molecule has 0 bridgehead atoms. The molecule has 1 saturated heterocycles. The van der Waals surface area contributed by atoms with Gasteiger partial charge >= 0.3 is 0 Å². The van der Waals surface area contributed by atoms with Crippen molar-refractivity contribution >= 4 is 39.1 Å². The van der Waals surface area contributed by atoms with Gasteiger partial charge in [-0.1, -0.05) is 41.4 Å². The van der Waals surface area contributed by atoms with Crippen LogP contribution in [0.25, 0.3) is 0 Å². The Morgan fingerprint density at radius 1 is 1.16 bits per heavy atom. The number of piperazine rings is 1. The van der Waals surface area contributed by atoms with Gasteiger partial charge in [0.05, 0.1) is 12.8 Å². The molecule has 1 unspecified atom stereocenters. The summed E-state index contributed by atoms with van der Waals surface area (Å²) in [7, 11) is -3.67. The van der Waals surface area contributed by atoms with Gasteiger partial charge in [-0.05, 0) is 50.1 Å². The van der Waals surface area contributed by atoms with Gasteiger partial charge < -0.3 is 5.32 Å². The average molecular weight is 464 g/mol. The molecule has 2 amide bonds. The van der Waals surface area contributed by atoms with Crippen molar-refractivity contribution in [3.05, 3.63) is 64.2 Å². The number of carbonyl (C=O) groups excluding carboxylic acids is 2. The Labute approximate surface area is 188 Å². The maximum absolute atomic E-state index is 13.4. The van der Waals surface area contributed by atoms with Gasteiger partial charge in [0, 0.05) is 23.8 Å². The number of amides is 2. The van der Waals surface area contributed by atoms with E-state index in [2.05, 4.69) is 5.32 Å². The summed E-state index contributed by atoms with van der Waals surface area (Å²) < 4.78 is 25.5. The number of nitrogens with zero attached hydrogens (tertiary/aromatic N) is 2. The van der Waals surface area contributed by atoms with Crippen molar-refractivity contribution < 1.29 is 18.0 Å². The van der Waals surface area contributed by atoms with Crippen LogP contribution in [0.3, 0.4) is 0 Å². The first kappa shape index (κ1) is 23.2. The van der Waals surface area contributed by atoms with Crippen molar-refractivity contribution in [3.8, 4) is 0 Å². The molecule has 7 nitrogen and oxygen atoms in total. The van der Waals surface area contributed by atoms with Crippen LogP contribution in [-0.4, -0.2) is 49.4 Å². The number of nitrogens with one attached hydrogen (secondary N) is 1. The van der Waals surface area contributed by atoms with E-state index in [1.165, 1.54) is 4.90 Å². The molecule has 1 heterocycles. The molecule has 166 valence electrons. The Balaban J connectivity index is 1.98. The minimum absolute atomic E-state index is 0.153. The molecule has 1 atom stereocenters. The molecule has 1 aliphatic rings.